The summed E-state index contributed by atoms with van der Waals surface area (Å²) in [6.07, 6.45) is 5.03. The summed E-state index contributed by atoms with van der Waals surface area (Å²) in [5, 5.41) is 8.08. The molecule has 8 heteroatoms. The van der Waals surface area contributed by atoms with E-state index in [2.05, 4.69) is 26.1 Å². The van der Waals surface area contributed by atoms with Crippen molar-refractivity contribution in [3.05, 3.63) is 40.9 Å². The Balaban J connectivity index is 1.75. The van der Waals surface area contributed by atoms with Crippen LogP contribution in [-0.4, -0.2) is 40.1 Å². The molecule has 1 aromatic carbocycles. The molecule has 1 aromatic heterocycles. The molecule has 1 aliphatic rings. The molecule has 24 heavy (non-hydrogen) atoms. The van der Waals surface area contributed by atoms with Gasteiger partial charge in [-0.25, -0.2) is 8.42 Å². The summed E-state index contributed by atoms with van der Waals surface area (Å²) in [6.45, 7) is 3.46. The van der Waals surface area contributed by atoms with Gasteiger partial charge in [-0.3, -0.25) is 0 Å². The highest BCUT2D eigenvalue weighted by molar-refractivity contribution is 9.10. The number of hydrogen-bond acceptors (Lipinski definition) is 4. The van der Waals surface area contributed by atoms with Crippen molar-refractivity contribution < 1.29 is 8.42 Å². The minimum Gasteiger partial charge on any atom is -0.318 e. The molecule has 0 N–H and O–H groups in total. The number of sulfonamides is 1. The number of halogens is 1. The van der Waals surface area contributed by atoms with Gasteiger partial charge < -0.3 is 4.57 Å². The van der Waals surface area contributed by atoms with E-state index in [0.717, 1.165) is 42.5 Å². The SMILES string of the molecule is CCn1cnnc1CCC1CCCN1S(=O)(=O)c1cccc(Br)c1. The third-order valence-corrected chi connectivity index (χ3v) is 6.90. The maximum Gasteiger partial charge on any atom is 0.243 e. The Morgan fingerprint density at radius 2 is 2.21 bits per heavy atom. The number of aryl methyl sites for hydroxylation is 2. The van der Waals surface area contributed by atoms with Crippen molar-refractivity contribution in [1.29, 1.82) is 0 Å². The van der Waals surface area contributed by atoms with E-state index in [1.807, 2.05) is 17.6 Å². The molecule has 0 radical (unpaired) electrons. The second-order valence-corrected chi connectivity index (χ2v) is 8.75. The van der Waals surface area contributed by atoms with Crippen LogP contribution in [0.3, 0.4) is 0 Å². The van der Waals surface area contributed by atoms with Gasteiger partial charge in [-0.05, 0) is 44.4 Å². The van der Waals surface area contributed by atoms with Gasteiger partial charge in [0.1, 0.15) is 12.2 Å². The first-order valence-corrected chi connectivity index (χ1v) is 10.4. The summed E-state index contributed by atoms with van der Waals surface area (Å²) >= 11 is 3.35. The zero-order valence-corrected chi connectivity index (χ0v) is 16.0. The Bertz CT molecular complexity index is 806. The molecular formula is C16H21BrN4O2S. The number of aromatic nitrogens is 3. The predicted octanol–water partition coefficient (Wildman–Crippen LogP) is 2.85. The van der Waals surface area contributed by atoms with Gasteiger partial charge in [0.15, 0.2) is 0 Å². The third-order valence-electron chi connectivity index (χ3n) is 4.46. The lowest BCUT2D eigenvalue weighted by Crippen LogP contribution is -2.36. The Kier molecular flexibility index (Phi) is 5.36. The fourth-order valence-electron chi connectivity index (χ4n) is 3.21. The highest BCUT2D eigenvalue weighted by Gasteiger charge is 2.35. The highest BCUT2D eigenvalue weighted by Crippen LogP contribution is 2.29. The Morgan fingerprint density at radius 3 is 2.96 bits per heavy atom. The van der Waals surface area contributed by atoms with Gasteiger partial charge in [0.25, 0.3) is 0 Å². The fraction of sp³-hybridized carbons (Fsp3) is 0.500. The number of nitrogens with zero attached hydrogens (tertiary/aromatic N) is 4. The number of benzene rings is 1. The average Bonchev–Trinajstić information content (AvgIpc) is 3.21. The lowest BCUT2D eigenvalue weighted by Gasteiger charge is -2.24. The van der Waals surface area contributed by atoms with Gasteiger partial charge in [0, 0.05) is 30.0 Å². The maximum absolute atomic E-state index is 13.0. The second kappa shape index (κ2) is 7.33. The first-order valence-electron chi connectivity index (χ1n) is 8.16. The molecule has 1 saturated heterocycles. The van der Waals surface area contributed by atoms with Gasteiger partial charge in [-0.2, -0.15) is 4.31 Å². The second-order valence-electron chi connectivity index (χ2n) is 5.94. The quantitative estimate of drug-likeness (QED) is 0.731. The maximum atomic E-state index is 13.0. The van der Waals surface area contributed by atoms with Crippen molar-refractivity contribution in [1.82, 2.24) is 19.1 Å². The van der Waals surface area contributed by atoms with Crippen LogP contribution >= 0.6 is 15.9 Å². The van der Waals surface area contributed by atoms with Gasteiger partial charge in [0.2, 0.25) is 10.0 Å². The van der Waals surface area contributed by atoms with Crippen LogP contribution in [0.1, 0.15) is 32.0 Å². The molecule has 1 aliphatic heterocycles. The van der Waals surface area contributed by atoms with Gasteiger partial charge >= 0.3 is 0 Å². The molecule has 0 aliphatic carbocycles. The summed E-state index contributed by atoms with van der Waals surface area (Å²) < 4.78 is 30.3. The van der Waals surface area contributed by atoms with E-state index in [1.54, 1.807) is 28.8 Å². The van der Waals surface area contributed by atoms with E-state index >= 15 is 0 Å². The number of hydrogen-bond donors (Lipinski definition) is 0. The minimum atomic E-state index is -3.46. The monoisotopic (exact) mass is 412 g/mol. The molecule has 1 fully saturated rings. The molecule has 1 atom stereocenters. The molecule has 0 spiro atoms. The van der Waals surface area contributed by atoms with E-state index in [0.29, 0.717) is 11.4 Å². The standard InChI is InChI=1S/C16H21BrN4O2S/c1-2-20-12-18-19-16(20)9-8-14-6-4-10-21(14)24(22,23)15-7-3-5-13(17)11-15/h3,5,7,11-12,14H,2,4,6,8-10H2,1H3. The van der Waals surface area contributed by atoms with Crippen LogP contribution in [0.5, 0.6) is 0 Å². The van der Waals surface area contributed by atoms with Crippen molar-refractivity contribution in [3.63, 3.8) is 0 Å². The zero-order valence-electron chi connectivity index (χ0n) is 13.6. The smallest absolute Gasteiger partial charge is 0.243 e. The molecule has 6 nitrogen and oxygen atoms in total. The van der Waals surface area contributed by atoms with Gasteiger partial charge in [-0.15, -0.1) is 10.2 Å². The molecule has 2 heterocycles. The van der Waals surface area contributed by atoms with Crippen LogP contribution in [0, 0.1) is 0 Å². The molecule has 0 bridgehead atoms. The van der Waals surface area contributed by atoms with E-state index < -0.39 is 10.0 Å². The molecule has 130 valence electrons. The molecule has 1 unspecified atom stereocenters. The third kappa shape index (κ3) is 3.55. The molecule has 3 rings (SSSR count). The number of rotatable bonds is 6. The fourth-order valence-corrected chi connectivity index (χ4v) is 5.53. The molecular weight excluding hydrogens is 392 g/mol. The van der Waals surface area contributed by atoms with Crippen LogP contribution in [0.15, 0.2) is 40.0 Å². The minimum absolute atomic E-state index is 0.0241. The van der Waals surface area contributed by atoms with Crippen LogP contribution in [0.4, 0.5) is 0 Å². The molecule has 2 aromatic rings. The summed E-state index contributed by atoms with van der Waals surface area (Å²) in [7, 11) is -3.46. The van der Waals surface area contributed by atoms with Crippen LogP contribution < -0.4 is 0 Å². The van der Waals surface area contributed by atoms with Crippen molar-refractivity contribution in [2.45, 2.75) is 50.1 Å². The van der Waals surface area contributed by atoms with Gasteiger partial charge in [-0.1, -0.05) is 22.0 Å². The summed E-state index contributed by atoms with van der Waals surface area (Å²) in [6, 6.07) is 6.93. The van der Waals surface area contributed by atoms with Crippen molar-refractivity contribution in [3.8, 4) is 0 Å². The molecule has 0 amide bonds. The van der Waals surface area contributed by atoms with Crippen LogP contribution in [0.2, 0.25) is 0 Å². The first-order chi connectivity index (χ1) is 11.5. The van der Waals surface area contributed by atoms with Gasteiger partial charge in [0.05, 0.1) is 4.90 Å². The Hall–Kier alpha value is -1.25. The first kappa shape index (κ1) is 17.6. The normalized spacial score (nSPS) is 19.0. The van der Waals surface area contributed by atoms with E-state index in [-0.39, 0.29) is 6.04 Å². The summed E-state index contributed by atoms with van der Waals surface area (Å²) in [5.41, 5.74) is 0. The Morgan fingerprint density at radius 1 is 1.38 bits per heavy atom. The van der Waals surface area contributed by atoms with Crippen LogP contribution in [0.25, 0.3) is 0 Å². The molecule has 0 saturated carbocycles. The van der Waals surface area contributed by atoms with Crippen molar-refractivity contribution in [2.75, 3.05) is 6.54 Å². The lowest BCUT2D eigenvalue weighted by molar-refractivity contribution is 0.367. The largest absolute Gasteiger partial charge is 0.318 e. The predicted molar refractivity (Wildman–Crippen MR) is 95.1 cm³/mol. The van der Waals surface area contributed by atoms with Crippen molar-refractivity contribution in [2.24, 2.45) is 0 Å². The topological polar surface area (TPSA) is 68.1 Å². The lowest BCUT2D eigenvalue weighted by atomic mass is 10.1. The van der Waals surface area contributed by atoms with Crippen LogP contribution in [-0.2, 0) is 23.0 Å². The summed E-state index contributed by atoms with van der Waals surface area (Å²) in [4.78, 5) is 0.348. The van der Waals surface area contributed by atoms with E-state index in [9.17, 15) is 8.42 Å². The Labute approximate surface area is 151 Å². The van der Waals surface area contributed by atoms with Crippen molar-refractivity contribution >= 4 is 26.0 Å². The average molecular weight is 413 g/mol. The van der Waals surface area contributed by atoms with E-state index in [1.165, 1.54) is 0 Å². The zero-order chi connectivity index (χ0) is 17.2. The highest BCUT2D eigenvalue weighted by atomic mass is 79.9. The summed E-state index contributed by atoms with van der Waals surface area (Å²) in [5.74, 6) is 0.921. The van der Waals surface area contributed by atoms with E-state index in [4.69, 9.17) is 0 Å².